The maximum Gasteiger partial charge on any atom is 0.0593 e. The second kappa shape index (κ2) is 10.7. The zero-order valence-corrected chi connectivity index (χ0v) is 12.1. The molecule has 1 atom stereocenters. The average molecular weight is 258 g/mol. The van der Waals surface area contributed by atoms with Gasteiger partial charge in [0.2, 0.25) is 0 Å². The number of nitrogens with zero attached hydrogens (tertiary/aromatic N) is 1. The van der Waals surface area contributed by atoms with E-state index in [0.717, 1.165) is 52.1 Å². The highest BCUT2D eigenvalue weighted by atomic mass is 16.5. The summed E-state index contributed by atoms with van der Waals surface area (Å²) >= 11 is 0. The van der Waals surface area contributed by atoms with Gasteiger partial charge in [-0.2, -0.15) is 0 Å². The first kappa shape index (κ1) is 15.9. The quantitative estimate of drug-likeness (QED) is 0.570. The number of hydrogen-bond acceptors (Lipinski definition) is 4. The van der Waals surface area contributed by atoms with Crippen LogP contribution in [0.1, 0.15) is 33.1 Å². The van der Waals surface area contributed by atoms with Crippen LogP contribution in [0.15, 0.2) is 0 Å². The molecule has 1 heterocycles. The Labute approximate surface area is 112 Å². The summed E-state index contributed by atoms with van der Waals surface area (Å²) in [6.07, 6.45) is 3.92. The van der Waals surface area contributed by atoms with E-state index in [1.165, 1.54) is 25.8 Å². The molecular formula is C14H30N2O2. The van der Waals surface area contributed by atoms with Gasteiger partial charge in [0.05, 0.1) is 13.2 Å². The first-order valence-corrected chi connectivity index (χ1v) is 7.48. The molecule has 0 bridgehead atoms. The van der Waals surface area contributed by atoms with E-state index in [-0.39, 0.29) is 0 Å². The van der Waals surface area contributed by atoms with Crippen LogP contribution in [-0.4, -0.2) is 63.5 Å². The van der Waals surface area contributed by atoms with Gasteiger partial charge in [0.1, 0.15) is 0 Å². The number of hydrogen-bond donors (Lipinski definition) is 1. The molecule has 0 aromatic carbocycles. The smallest absolute Gasteiger partial charge is 0.0593 e. The SMILES string of the molecule is CCOCCN(CCOCC)CCC1CCCN1. The summed E-state index contributed by atoms with van der Waals surface area (Å²) < 4.78 is 10.9. The van der Waals surface area contributed by atoms with Crippen LogP contribution in [0.3, 0.4) is 0 Å². The second-order valence-corrected chi connectivity index (χ2v) is 4.82. The third-order valence-corrected chi connectivity index (χ3v) is 3.47. The van der Waals surface area contributed by atoms with Crippen LogP contribution in [-0.2, 0) is 9.47 Å². The molecule has 1 unspecified atom stereocenters. The minimum atomic E-state index is 0.728. The van der Waals surface area contributed by atoms with Crippen molar-refractivity contribution in [2.45, 2.75) is 39.2 Å². The van der Waals surface area contributed by atoms with Gasteiger partial charge in [-0.25, -0.2) is 0 Å². The molecule has 0 aromatic rings. The van der Waals surface area contributed by atoms with Crippen LogP contribution in [0.2, 0.25) is 0 Å². The van der Waals surface area contributed by atoms with Crippen molar-refractivity contribution in [3.8, 4) is 0 Å². The molecule has 1 aliphatic heterocycles. The third-order valence-electron chi connectivity index (χ3n) is 3.47. The Kier molecular flexibility index (Phi) is 9.48. The highest BCUT2D eigenvalue weighted by molar-refractivity contribution is 4.75. The minimum Gasteiger partial charge on any atom is -0.380 e. The van der Waals surface area contributed by atoms with E-state index in [4.69, 9.17) is 9.47 Å². The van der Waals surface area contributed by atoms with Crippen molar-refractivity contribution in [1.29, 1.82) is 0 Å². The summed E-state index contributed by atoms with van der Waals surface area (Å²) in [5, 5.41) is 3.56. The number of rotatable bonds is 11. The number of ether oxygens (including phenoxy) is 2. The fourth-order valence-electron chi connectivity index (χ4n) is 2.35. The van der Waals surface area contributed by atoms with E-state index in [9.17, 15) is 0 Å². The third kappa shape index (κ3) is 7.31. The molecule has 108 valence electrons. The minimum absolute atomic E-state index is 0.728. The lowest BCUT2D eigenvalue weighted by molar-refractivity contribution is 0.0812. The van der Waals surface area contributed by atoms with Gasteiger partial charge in [0.25, 0.3) is 0 Å². The van der Waals surface area contributed by atoms with Crippen molar-refractivity contribution < 1.29 is 9.47 Å². The standard InChI is InChI=1S/C14H30N2O2/c1-3-17-12-10-16(11-13-18-4-2)9-7-14-6-5-8-15-14/h14-15H,3-13H2,1-2H3. The lowest BCUT2D eigenvalue weighted by atomic mass is 10.1. The molecule has 0 aromatic heterocycles. The first-order chi connectivity index (χ1) is 8.86. The van der Waals surface area contributed by atoms with E-state index in [0.29, 0.717) is 0 Å². The Morgan fingerprint density at radius 3 is 2.22 bits per heavy atom. The first-order valence-electron chi connectivity index (χ1n) is 7.48. The molecular weight excluding hydrogens is 228 g/mol. The summed E-state index contributed by atoms with van der Waals surface area (Å²) in [5.74, 6) is 0. The van der Waals surface area contributed by atoms with Crippen LogP contribution in [0, 0.1) is 0 Å². The molecule has 1 saturated heterocycles. The molecule has 0 radical (unpaired) electrons. The van der Waals surface area contributed by atoms with E-state index in [1.54, 1.807) is 0 Å². The van der Waals surface area contributed by atoms with E-state index < -0.39 is 0 Å². The van der Waals surface area contributed by atoms with Crippen molar-refractivity contribution >= 4 is 0 Å². The molecule has 1 rings (SSSR count). The summed E-state index contributed by atoms with van der Waals surface area (Å²) in [4.78, 5) is 2.46. The maximum atomic E-state index is 5.44. The van der Waals surface area contributed by atoms with Crippen molar-refractivity contribution in [2.75, 3.05) is 52.6 Å². The molecule has 0 amide bonds. The molecule has 0 saturated carbocycles. The molecule has 0 spiro atoms. The summed E-state index contributed by atoms with van der Waals surface area (Å²) in [6.45, 7) is 11.8. The molecule has 18 heavy (non-hydrogen) atoms. The van der Waals surface area contributed by atoms with E-state index in [2.05, 4.69) is 10.2 Å². The fourth-order valence-corrected chi connectivity index (χ4v) is 2.35. The summed E-state index contributed by atoms with van der Waals surface area (Å²) in [5.41, 5.74) is 0. The lowest BCUT2D eigenvalue weighted by Gasteiger charge is -2.23. The van der Waals surface area contributed by atoms with Gasteiger partial charge in [-0.1, -0.05) is 0 Å². The van der Waals surface area contributed by atoms with Crippen LogP contribution in [0.4, 0.5) is 0 Å². The van der Waals surface area contributed by atoms with Crippen molar-refractivity contribution in [3.05, 3.63) is 0 Å². The van der Waals surface area contributed by atoms with Crippen LogP contribution in [0.25, 0.3) is 0 Å². The highest BCUT2D eigenvalue weighted by Gasteiger charge is 2.15. The maximum absolute atomic E-state index is 5.44. The van der Waals surface area contributed by atoms with E-state index >= 15 is 0 Å². The monoisotopic (exact) mass is 258 g/mol. The second-order valence-electron chi connectivity index (χ2n) is 4.82. The number of nitrogens with one attached hydrogen (secondary N) is 1. The Morgan fingerprint density at radius 1 is 1.06 bits per heavy atom. The Hall–Kier alpha value is -0.160. The van der Waals surface area contributed by atoms with Crippen molar-refractivity contribution in [1.82, 2.24) is 10.2 Å². The molecule has 1 N–H and O–H groups in total. The Bertz CT molecular complexity index is 175. The van der Waals surface area contributed by atoms with Crippen LogP contribution >= 0.6 is 0 Å². The zero-order valence-electron chi connectivity index (χ0n) is 12.1. The average Bonchev–Trinajstić information content (AvgIpc) is 2.89. The summed E-state index contributed by atoms with van der Waals surface area (Å²) in [7, 11) is 0. The van der Waals surface area contributed by atoms with Gasteiger partial charge in [-0.3, -0.25) is 4.90 Å². The van der Waals surface area contributed by atoms with Crippen molar-refractivity contribution in [2.24, 2.45) is 0 Å². The summed E-state index contributed by atoms with van der Waals surface area (Å²) in [6, 6.07) is 0.728. The predicted molar refractivity (Wildman–Crippen MR) is 75.1 cm³/mol. The zero-order chi connectivity index (χ0) is 13.1. The predicted octanol–water partition coefficient (Wildman–Crippen LogP) is 1.50. The fraction of sp³-hybridized carbons (Fsp3) is 1.00. The van der Waals surface area contributed by atoms with Gasteiger partial charge in [-0.15, -0.1) is 0 Å². The molecule has 0 aliphatic carbocycles. The van der Waals surface area contributed by atoms with Crippen molar-refractivity contribution in [3.63, 3.8) is 0 Å². The van der Waals surface area contributed by atoms with Gasteiger partial charge in [0, 0.05) is 32.3 Å². The topological polar surface area (TPSA) is 33.7 Å². The largest absolute Gasteiger partial charge is 0.380 e. The van der Waals surface area contributed by atoms with Crippen LogP contribution < -0.4 is 5.32 Å². The lowest BCUT2D eigenvalue weighted by Crippen LogP contribution is -2.35. The highest BCUT2D eigenvalue weighted by Crippen LogP contribution is 2.09. The molecule has 4 nitrogen and oxygen atoms in total. The van der Waals surface area contributed by atoms with Gasteiger partial charge in [0.15, 0.2) is 0 Å². The van der Waals surface area contributed by atoms with Crippen LogP contribution in [0.5, 0.6) is 0 Å². The molecule has 1 aliphatic rings. The van der Waals surface area contributed by atoms with E-state index in [1.807, 2.05) is 13.8 Å². The van der Waals surface area contributed by atoms with Gasteiger partial charge in [-0.05, 0) is 46.2 Å². The van der Waals surface area contributed by atoms with Gasteiger partial charge < -0.3 is 14.8 Å². The molecule has 1 fully saturated rings. The van der Waals surface area contributed by atoms with Gasteiger partial charge >= 0.3 is 0 Å². The normalized spacial score (nSPS) is 19.8. The Morgan fingerprint density at radius 2 is 1.72 bits per heavy atom. The molecule has 4 heteroatoms. The Balaban J connectivity index is 2.14.